The van der Waals surface area contributed by atoms with E-state index in [1.807, 2.05) is 4.68 Å². The van der Waals surface area contributed by atoms with Gasteiger partial charge in [-0.1, -0.05) is 0 Å². The van der Waals surface area contributed by atoms with Crippen LogP contribution in [0.3, 0.4) is 0 Å². The van der Waals surface area contributed by atoms with E-state index in [2.05, 4.69) is 40.2 Å². The number of aromatic nitrogens is 2. The summed E-state index contributed by atoms with van der Waals surface area (Å²) in [5, 5.41) is 18.3. The van der Waals surface area contributed by atoms with E-state index < -0.39 is 5.60 Å². The van der Waals surface area contributed by atoms with Crippen LogP contribution in [0.4, 0.5) is 0 Å². The second-order valence-corrected chi connectivity index (χ2v) is 5.52. The van der Waals surface area contributed by atoms with Gasteiger partial charge in [0, 0.05) is 6.04 Å². The largest absolute Gasteiger partial charge is 0.383 e. The van der Waals surface area contributed by atoms with Gasteiger partial charge in [-0.2, -0.15) is 5.10 Å². The van der Waals surface area contributed by atoms with Gasteiger partial charge in [-0.05, 0) is 55.7 Å². The molecule has 2 rings (SSSR count). The fourth-order valence-electron chi connectivity index (χ4n) is 2.25. The van der Waals surface area contributed by atoms with Gasteiger partial charge in [0.15, 0.2) is 0 Å². The molecule has 1 aromatic rings. The van der Waals surface area contributed by atoms with Gasteiger partial charge in [0.05, 0.1) is 16.4 Å². The molecule has 0 amide bonds. The van der Waals surface area contributed by atoms with Crippen molar-refractivity contribution in [2.75, 3.05) is 13.1 Å². The first-order chi connectivity index (χ1) is 7.54. The second kappa shape index (κ2) is 4.47. The predicted octanol–water partition coefficient (Wildman–Crippen LogP) is 1.80. The van der Waals surface area contributed by atoms with Crippen LogP contribution in [0.1, 0.15) is 38.4 Å². The zero-order valence-corrected chi connectivity index (χ0v) is 11.3. The maximum atomic E-state index is 10.7. The van der Waals surface area contributed by atoms with Crippen LogP contribution in [0.25, 0.3) is 0 Å². The molecule has 16 heavy (non-hydrogen) atoms. The van der Waals surface area contributed by atoms with Crippen molar-refractivity contribution in [3.8, 4) is 0 Å². The SMILES string of the molecule is CC(C)n1ncc(Br)c1C1(O)CCNCC1. The lowest BCUT2D eigenvalue weighted by Gasteiger charge is -2.34. The van der Waals surface area contributed by atoms with Gasteiger partial charge in [-0.3, -0.25) is 4.68 Å². The highest BCUT2D eigenvalue weighted by molar-refractivity contribution is 9.10. The summed E-state index contributed by atoms with van der Waals surface area (Å²) in [5.74, 6) is 0. The number of rotatable bonds is 2. The molecule has 90 valence electrons. The van der Waals surface area contributed by atoms with Gasteiger partial charge in [0.2, 0.25) is 0 Å². The molecule has 4 nitrogen and oxygen atoms in total. The van der Waals surface area contributed by atoms with Gasteiger partial charge < -0.3 is 10.4 Å². The van der Waals surface area contributed by atoms with Crippen LogP contribution in [0.2, 0.25) is 0 Å². The molecule has 0 unspecified atom stereocenters. The molecule has 1 fully saturated rings. The van der Waals surface area contributed by atoms with E-state index in [0.29, 0.717) is 0 Å². The average molecular weight is 288 g/mol. The Balaban J connectivity index is 2.41. The fourth-order valence-corrected chi connectivity index (χ4v) is 2.89. The van der Waals surface area contributed by atoms with Gasteiger partial charge in [-0.25, -0.2) is 0 Å². The molecule has 0 spiro atoms. The van der Waals surface area contributed by atoms with Crippen molar-refractivity contribution in [1.82, 2.24) is 15.1 Å². The summed E-state index contributed by atoms with van der Waals surface area (Å²) in [6.07, 6.45) is 3.25. The minimum atomic E-state index is -0.745. The van der Waals surface area contributed by atoms with E-state index in [1.165, 1.54) is 0 Å². The monoisotopic (exact) mass is 287 g/mol. The number of nitrogens with zero attached hydrogens (tertiary/aromatic N) is 2. The van der Waals surface area contributed by atoms with Crippen molar-refractivity contribution in [3.63, 3.8) is 0 Å². The molecule has 2 N–H and O–H groups in total. The fraction of sp³-hybridized carbons (Fsp3) is 0.727. The van der Waals surface area contributed by atoms with Crippen LogP contribution in [-0.4, -0.2) is 28.0 Å². The molecule has 2 heterocycles. The summed E-state index contributed by atoms with van der Waals surface area (Å²) in [7, 11) is 0. The standard InChI is InChI=1S/C11H18BrN3O/c1-8(2)15-10(9(12)7-14-15)11(16)3-5-13-6-4-11/h7-8,13,16H,3-6H2,1-2H3. The zero-order chi connectivity index (χ0) is 11.8. The molecule has 0 atom stereocenters. The second-order valence-electron chi connectivity index (χ2n) is 4.66. The van der Waals surface area contributed by atoms with Crippen LogP contribution in [0.5, 0.6) is 0 Å². The zero-order valence-electron chi connectivity index (χ0n) is 9.70. The van der Waals surface area contributed by atoms with Crippen LogP contribution in [0.15, 0.2) is 10.7 Å². The van der Waals surface area contributed by atoms with Crippen molar-refractivity contribution in [2.24, 2.45) is 0 Å². The van der Waals surface area contributed by atoms with Crippen molar-refractivity contribution in [2.45, 2.75) is 38.3 Å². The highest BCUT2D eigenvalue weighted by Gasteiger charge is 2.36. The Morgan fingerprint density at radius 1 is 1.50 bits per heavy atom. The molecule has 0 saturated carbocycles. The van der Waals surface area contributed by atoms with E-state index in [9.17, 15) is 5.11 Å². The van der Waals surface area contributed by atoms with Gasteiger partial charge in [-0.15, -0.1) is 0 Å². The minimum Gasteiger partial charge on any atom is -0.383 e. The normalized spacial score (nSPS) is 20.3. The van der Waals surface area contributed by atoms with E-state index in [-0.39, 0.29) is 6.04 Å². The number of halogens is 1. The summed E-state index contributed by atoms with van der Waals surface area (Å²) < 4.78 is 2.82. The first kappa shape index (κ1) is 12.1. The third kappa shape index (κ3) is 2.04. The van der Waals surface area contributed by atoms with Crippen LogP contribution >= 0.6 is 15.9 Å². The van der Waals surface area contributed by atoms with E-state index in [1.54, 1.807) is 6.20 Å². The molecule has 1 aliphatic rings. The molecule has 5 heteroatoms. The Morgan fingerprint density at radius 2 is 2.12 bits per heavy atom. The Labute approximate surface area is 104 Å². The topological polar surface area (TPSA) is 50.1 Å². The molecular weight excluding hydrogens is 270 g/mol. The van der Waals surface area contributed by atoms with Crippen molar-refractivity contribution >= 4 is 15.9 Å². The van der Waals surface area contributed by atoms with E-state index in [0.717, 1.165) is 36.1 Å². The highest BCUT2D eigenvalue weighted by Crippen LogP contribution is 2.36. The maximum Gasteiger partial charge on any atom is 0.110 e. The van der Waals surface area contributed by atoms with Crippen molar-refractivity contribution < 1.29 is 5.11 Å². The number of nitrogens with one attached hydrogen (secondary N) is 1. The molecular formula is C11H18BrN3O. The predicted molar refractivity (Wildman–Crippen MR) is 66.3 cm³/mol. The number of piperidine rings is 1. The Bertz CT molecular complexity index is 369. The smallest absolute Gasteiger partial charge is 0.110 e. The van der Waals surface area contributed by atoms with Gasteiger partial charge in [0.25, 0.3) is 0 Å². The number of hydrogen-bond acceptors (Lipinski definition) is 3. The first-order valence-electron chi connectivity index (χ1n) is 5.71. The molecule has 0 aliphatic carbocycles. The summed E-state index contributed by atoms with van der Waals surface area (Å²) in [4.78, 5) is 0. The lowest BCUT2D eigenvalue weighted by molar-refractivity contribution is -0.00397. The van der Waals surface area contributed by atoms with Crippen LogP contribution in [-0.2, 0) is 5.60 Å². The van der Waals surface area contributed by atoms with Gasteiger partial charge in [0.1, 0.15) is 5.60 Å². The van der Waals surface area contributed by atoms with E-state index in [4.69, 9.17) is 0 Å². The van der Waals surface area contributed by atoms with E-state index >= 15 is 0 Å². The molecule has 0 radical (unpaired) electrons. The molecule has 1 aromatic heterocycles. The van der Waals surface area contributed by atoms with Crippen LogP contribution in [0, 0.1) is 0 Å². The van der Waals surface area contributed by atoms with Crippen LogP contribution < -0.4 is 5.32 Å². The summed E-state index contributed by atoms with van der Waals surface area (Å²) in [5.41, 5.74) is 0.175. The first-order valence-corrected chi connectivity index (χ1v) is 6.50. The molecule has 0 bridgehead atoms. The Kier molecular flexibility index (Phi) is 3.37. The third-order valence-corrected chi connectivity index (χ3v) is 3.69. The number of hydrogen-bond donors (Lipinski definition) is 2. The summed E-state index contributed by atoms with van der Waals surface area (Å²) in [6, 6.07) is 0.264. The lowest BCUT2D eigenvalue weighted by atomic mass is 9.89. The summed E-state index contributed by atoms with van der Waals surface area (Å²) >= 11 is 3.49. The third-order valence-electron chi connectivity index (χ3n) is 3.11. The Hall–Kier alpha value is -0.390. The number of aliphatic hydroxyl groups is 1. The molecule has 0 aromatic carbocycles. The average Bonchev–Trinajstić information content (AvgIpc) is 2.62. The highest BCUT2D eigenvalue weighted by atomic mass is 79.9. The molecule has 1 saturated heterocycles. The quantitative estimate of drug-likeness (QED) is 0.872. The van der Waals surface area contributed by atoms with Crippen molar-refractivity contribution in [1.29, 1.82) is 0 Å². The maximum absolute atomic E-state index is 10.7. The molecule has 1 aliphatic heterocycles. The minimum absolute atomic E-state index is 0.264. The Morgan fingerprint density at radius 3 is 2.69 bits per heavy atom. The van der Waals surface area contributed by atoms with Crippen molar-refractivity contribution in [3.05, 3.63) is 16.4 Å². The van der Waals surface area contributed by atoms with Gasteiger partial charge >= 0.3 is 0 Å². The summed E-state index contributed by atoms with van der Waals surface area (Å²) in [6.45, 7) is 5.86. The lowest BCUT2D eigenvalue weighted by Crippen LogP contribution is -2.41.